The first-order valence-electron chi connectivity index (χ1n) is 4.95. The molecule has 1 aromatic carbocycles. The van der Waals surface area contributed by atoms with E-state index in [1.54, 1.807) is 6.92 Å². The number of anilines is 1. The van der Waals surface area contributed by atoms with Crippen LogP contribution in [0.15, 0.2) is 18.2 Å². The van der Waals surface area contributed by atoms with E-state index >= 15 is 0 Å². The Kier molecular flexibility index (Phi) is 4.27. The Morgan fingerprint density at radius 1 is 1.53 bits per heavy atom. The van der Waals surface area contributed by atoms with Crippen molar-refractivity contribution in [3.8, 4) is 5.75 Å². The number of nitrogens with zero attached hydrogens (tertiary/aromatic N) is 1. The lowest BCUT2D eigenvalue weighted by atomic mass is 10.2. The summed E-state index contributed by atoms with van der Waals surface area (Å²) >= 11 is 0. The van der Waals surface area contributed by atoms with E-state index in [0.717, 1.165) is 0 Å². The summed E-state index contributed by atoms with van der Waals surface area (Å²) in [6.07, 6.45) is 0. The SMILES string of the molecule is CCNC(=O)Nc1ccc(OC)cc1[N+](=O)[O-]. The second-order valence-corrected chi connectivity index (χ2v) is 3.12. The molecule has 2 N–H and O–H groups in total. The fraction of sp³-hybridized carbons (Fsp3) is 0.300. The molecule has 0 aromatic heterocycles. The smallest absolute Gasteiger partial charge is 0.319 e. The van der Waals surface area contributed by atoms with Crippen molar-refractivity contribution < 1.29 is 14.5 Å². The second-order valence-electron chi connectivity index (χ2n) is 3.12. The van der Waals surface area contributed by atoms with Crippen LogP contribution in [0.4, 0.5) is 16.2 Å². The summed E-state index contributed by atoms with van der Waals surface area (Å²) in [7, 11) is 1.41. The van der Waals surface area contributed by atoms with Crippen molar-refractivity contribution >= 4 is 17.4 Å². The first-order valence-corrected chi connectivity index (χ1v) is 4.95. The average molecular weight is 239 g/mol. The van der Waals surface area contributed by atoms with Crippen LogP contribution < -0.4 is 15.4 Å². The summed E-state index contributed by atoms with van der Waals surface area (Å²) in [4.78, 5) is 21.5. The highest BCUT2D eigenvalue weighted by atomic mass is 16.6. The number of nitro benzene ring substituents is 1. The van der Waals surface area contributed by atoms with Gasteiger partial charge in [-0.25, -0.2) is 4.79 Å². The number of amides is 2. The number of hydrogen-bond donors (Lipinski definition) is 2. The van der Waals surface area contributed by atoms with E-state index < -0.39 is 11.0 Å². The zero-order valence-corrected chi connectivity index (χ0v) is 9.52. The zero-order chi connectivity index (χ0) is 12.8. The fourth-order valence-electron chi connectivity index (χ4n) is 1.22. The number of hydrogen-bond acceptors (Lipinski definition) is 4. The number of methoxy groups -OCH3 is 1. The van der Waals surface area contributed by atoms with Crippen LogP contribution in [-0.2, 0) is 0 Å². The van der Waals surface area contributed by atoms with Crippen LogP contribution in [0.3, 0.4) is 0 Å². The van der Waals surface area contributed by atoms with Gasteiger partial charge in [-0.05, 0) is 19.1 Å². The molecule has 0 heterocycles. The molecule has 17 heavy (non-hydrogen) atoms. The van der Waals surface area contributed by atoms with Gasteiger partial charge in [0.25, 0.3) is 5.69 Å². The lowest BCUT2D eigenvalue weighted by Gasteiger charge is -2.07. The predicted octanol–water partition coefficient (Wildman–Crippen LogP) is 1.74. The summed E-state index contributed by atoms with van der Waals surface area (Å²) in [5, 5.41) is 15.7. The third kappa shape index (κ3) is 3.33. The van der Waals surface area contributed by atoms with E-state index in [4.69, 9.17) is 4.74 Å². The number of benzene rings is 1. The molecule has 0 fully saturated rings. The molecule has 92 valence electrons. The molecule has 0 unspecified atom stereocenters. The van der Waals surface area contributed by atoms with E-state index in [0.29, 0.717) is 12.3 Å². The van der Waals surface area contributed by atoms with E-state index in [2.05, 4.69) is 10.6 Å². The minimum atomic E-state index is -0.579. The van der Waals surface area contributed by atoms with Gasteiger partial charge < -0.3 is 15.4 Å². The maximum atomic E-state index is 11.3. The van der Waals surface area contributed by atoms with Crippen LogP contribution in [0.5, 0.6) is 5.75 Å². The van der Waals surface area contributed by atoms with Gasteiger partial charge in [0.05, 0.1) is 18.1 Å². The van der Waals surface area contributed by atoms with Crippen molar-refractivity contribution in [2.75, 3.05) is 19.0 Å². The lowest BCUT2D eigenvalue weighted by Crippen LogP contribution is -2.28. The van der Waals surface area contributed by atoms with E-state index in [1.807, 2.05) is 0 Å². The van der Waals surface area contributed by atoms with Crippen LogP contribution in [-0.4, -0.2) is 24.6 Å². The van der Waals surface area contributed by atoms with E-state index in [1.165, 1.54) is 25.3 Å². The van der Waals surface area contributed by atoms with Crippen molar-refractivity contribution in [1.29, 1.82) is 0 Å². The topological polar surface area (TPSA) is 93.5 Å². The molecule has 2 amide bonds. The molecule has 0 atom stereocenters. The Morgan fingerprint density at radius 3 is 2.76 bits per heavy atom. The standard InChI is InChI=1S/C10H13N3O4/c1-3-11-10(14)12-8-5-4-7(17-2)6-9(8)13(15)16/h4-6H,3H2,1-2H3,(H2,11,12,14). The maximum absolute atomic E-state index is 11.3. The van der Waals surface area contributed by atoms with Crippen molar-refractivity contribution in [3.63, 3.8) is 0 Å². The minimum absolute atomic E-state index is 0.127. The van der Waals surface area contributed by atoms with Crippen LogP contribution in [0.2, 0.25) is 0 Å². The first kappa shape index (κ1) is 12.8. The van der Waals surface area contributed by atoms with Crippen molar-refractivity contribution in [3.05, 3.63) is 28.3 Å². The van der Waals surface area contributed by atoms with E-state index in [-0.39, 0.29) is 11.4 Å². The summed E-state index contributed by atoms with van der Waals surface area (Å²) in [6, 6.07) is 3.73. The van der Waals surface area contributed by atoms with Gasteiger partial charge in [-0.2, -0.15) is 0 Å². The maximum Gasteiger partial charge on any atom is 0.319 e. The average Bonchev–Trinajstić information content (AvgIpc) is 2.29. The van der Waals surface area contributed by atoms with E-state index in [9.17, 15) is 14.9 Å². The highest BCUT2D eigenvalue weighted by molar-refractivity contribution is 5.91. The lowest BCUT2D eigenvalue weighted by molar-refractivity contribution is -0.384. The second kappa shape index (κ2) is 5.69. The van der Waals surface area contributed by atoms with Gasteiger partial charge in [0, 0.05) is 6.54 Å². The summed E-state index contributed by atoms with van der Waals surface area (Å²) in [6.45, 7) is 2.19. The van der Waals surface area contributed by atoms with Gasteiger partial charge in [-0.15, -0.1) is 0 Å². The number of ether oxygens (including phenoxy) is 1. The summed E-state index contributed by atoms with van der Waals surface area (Å²) < 4.78 is 4.88. The molecule has 1 aromatic rings. The Balaban J connectivity index is 2.98. The van der Waals surface area contributed by atoms with Crippen LogP contribution in [0, 0.1) is 10.1 Å². The third-order valence-electron chi connectivity index (χ3n) is 1.99. The van der Waals surface area contributed by atoms with Crippen LogP contribution in [0.1, 0.15) is 6.92 Å². The summed E-state index contributed by atoms with van der Waals surface area (Å²) in [5.74, 6) is 0.359. The highest BCUT2D eigenvalue weighted by Crippen LogP contribution is 2.28. The molecule has 0 radical (unpaired) electrons. The number of carbonyl (C=O) groups excluding carboxylic acids is 1. The van der Waals surface area contributed by atoms with Gasteiger partial charge in [0.15, 0.2) is 0 Å². The first-order chi connectivity index (χ1) is 8.08. The van der Waals surface area contributed by atoms with Gasteiger partial charge >= 0.3 is 6.03 Å². The molecule has 0 aliphatic carbocycles. The van der Waals surface area contributed by atoms with Crippen molar-refractivity contribution in [2.24, 2.45) is 0 Å². The molecule has 0 saturated heterocycles. The van der Waals surface area contributed by atoms with Gasteiger partial charge in [0.2, 0.25) is 0 Å². The molecule has 0 saturated carbocycles. The normalized spacial score (nSPS) is 9.53. The Labute approximate surface area is 97.9 Å². The number of carbonyl (C=O) groups is 1. The molecule has 7 nitrogen and oxygen atoms in total. The molecule has 0 bridgehead atoms. The predicted molar refractivity (Wildman–Crippen MR) is 62.3 cm³/mol. The Bertz CT molecular complexity index is 434. The molecule has 0 aliphatic rings. The number of rotatable bonds is 4. The minimum Gasteiger partial charge on any atom is -0.496 e. The number of nitro groups is 1. The third-order valence-corrected chi connectivity index (χ3v) is 1.99. The Hall–Kier alpha value is -2.31. The molecular weight excluding hydrogens is 226 g/mol. The van der Waals surface area contributed by atoms with Gasteiger partial charge in [0.1, 0.15) is 11.4 Å². The van der Waals surface area contributed by atoms with Gasteiger partial charge in [-0.3, -0.25) is 10.1 Å². The van der Waals surface area contributed by atoms with Crippen molar-refractivity contribution in [2.45, 2.75) is 6.92 Å². The fourth-order valence-corrected chi connectivity index (χ4v) is 1.22. The molecule has 1 rings (SSSR count). The largest absolute Gasteiger partial charge is 0.496 e. The van der Waals surface area contributed by atoms with Gasteiger partial charge in [-0.1, -0.05) is 0 Å². The van der Waals surface area contributed by atoms with Crippen LogP contribution >= 0.6 is 0 Å². The quantitative estimate of drug-likeness (QED) is 0.618. The molecule has 0 aliphatic heterocycles. The van der Waals surface area contributed by atoms with Crippen LogP contribution in [0.25, 0.3) is 0 Å². The number of nitrogens with one attached hydrogen (secondary N) is 2. The number of urea groups is 1. The van der Waals surface area contributed by atoms with Crippen molar-refractivity contribution in [1.82, 2.24) is 5.32 Å². The molecular formula is C10H13N3O4. The molecule has 7 heteroatoms. The highest BCUT2D eigenvalue weighted by Gasteiger charge is 2.16. The zero-order valence-electron chi connectivity index (χ0n) is 9.52. The monoisotopic (exact) mass is 239 g/mol. The molecule has 0 spiro atoms. The Morgan fingerprint density at radius 2 is 2.24 bits per heavy atom. The summed E-state index contributed by atoms with van der Waals surface area (Å²) in [5.41, 5.74) is -0.0858.